The SMILES string of the molecule is CC(C)(C)S/N=C/c1cccc(Cl)c1F. The molecule has 0 heterocycles. The van der Waals surface area contributed by atoms with Crippen molar-refractivity contribution in [2.24, 2.45) is 4.40 Å². The Labute approximate surface area is 98.9 Å². The summed E-state index contributed by atoms with van der Waals surface area (Å²) in [5.41, 5.74) is 0.416. The molecule has 82 valence electrons. The van der Waals surface area contributed by atoms with Crippen LogP contribution in [-0.2, 0) is 0 Å². The molecule has 0 fully saturated rings. The third kappa shape index (κ3) is 4.22. The van der Waals surface area contributed by atoms with E-state index in [0.29, 0.717) is 5.56 Å². The maximum atomic E-state index is 13.4. The Morgan fingerprint density at radius 1 is 1.40 bits per heavy atom. The minimum atomic E-state index is -0.419. The van der Waals surface area contributed by atoms with Crippen LogP contribution in [-0.4, -0.2) is 11.0 Å². The largest absolute Gasteiger partial charge is 0.223 e. The summed E-state index contributed by atoms with van der Waals surface area (Å²) < 4.78 is 17.5. The maximum Gasteiger partial charge on any atom is 0.150 e. The lowest BCUT2D eigenvalue weighted by Crippen LogP contribution is -2.05. The van der Waals surface area contributed by atoms with Crippen LogP contribution in [0.3, 0.4) is 0 Å². The van der Waals surface area contributed by atoms with Gasteiger partial charge in [-0.2, -0.15) is 0 Å². The average molecular weight is 246 g/mol. The van der Waals surface area contributed by atoms with Gasteiger partial charge in [0.25, 0.3) is 0 Å². The monoisotopic (exact) mass is 245 g/mol. The van der Waals surface area contributed by atoms with Gasteiger partial charge in [-0.1, -0.05) is 23.7 Å². The van der Waals surface area contributed by atoms with Crippen LogP contribution < -0.4 is 0 Å². The van der Waals surface area contributed by atoms with Gasteiger partial charge in [-0.15, -0.1) is 0 Å². The molecule has 1 rings (SSSR count). The van der Waals surface area contributed by atoms with Gasteiger partial charge in [0.2, 0.25) is 0 Å². The second-order valence-corrected chi connectivity index (χ2v) is 6.11. The van der Waals surface area contributed by atoms with Crippen LogP contribution in [0.2, 0.25) is 5.02 Å². The zero-order valence-electron chi connectivity index (χ0n) is 8.92. The summed E-state index contributed by atoms with van der Waals surface area (Å²) in [4.78, 5) is 0. The molecular weight excluding hydrogens is 233 g/mol. The number of hydrogen-bond acceptors (Lipinski definition) is 2. The first-order chi connectivity index (χ1) is 6.90. The minimum absolute atomic E-state index is 0.0333. The quantitative estimate of drug-likeness (QED) is 0.558. The summed E-state index contributed by atoms with van der Waals surface area (Å²) in [5.74, 6) is -0.419. The molecule has 0 aliphatic heterocycles. The fraction of sp³-hybridized carbons (Fsp3) is 0.364. The molecule has 0 bridgehead atoms. The zero-order valence-corrected chi connectivity index (χ0v) is 10.5. The second-order valence-electron chi connectivity index (χ2n) is 4.08. The highest BCUT2D eigenvalue weighted by molar-refractivity contribution is 7.99. The maximum absolute atomic E-state index is 13.4. The van der Waals surface area contributed by atoms with Gasteiger partial charge in [-0.05, 0) is 38.8 Å². The molecule has 0 radical (unpaired) electrons. The lowest BCUT2D eigenvalue weighted by atomic mass is 10.2. The van der Waals surface area contributed by atoms with E-state index in [1.165, 1.54) is 24.2 Å². The van der Waals surface area contributed by atoms with Crippen LogP contribution in [0.25, 0.3) is 0 Å². The zero-order chi connectivity index (χ0) is 11.5. The average Bonchev–Trinajstić information content (AvgIpc) is 2.10. The Morgan fingerprint density at radius 3 is 2.67 bits per heavy atom. The molecule has 0 saturated heterocycles. The molecule has 0 N–H and O–H groups in total. The Morgan fingerprint density at radius 2 is 2.07 bits per heavy atom. The molecule has 1 aromatic rings. The summed E-state index contributed by atoms with van der Waals surface area (Å²) in [5, 5.41) is 0.125. The van der Waals surface area contributed by atoms with Gasteiger partial charge in [0, 0.05) is 16.5 Å². The van der Waals surface area contributed by atoms with E-state index in [9.17, 15) is 4.39 Å². The van der Waals surface area contributed by atoms with Gasteiger partial charge < -0.3 is 0 Å². The highest BCUT2D eigenvalue weighted by Gasteiger charge is 2.09. The van der Waals surface area contributed by atoms with E-state index in [4.69, 9.17) is 11.6 Å². The van der Waals surface area contributed by atoms with E-state index in [1.54, 1.807) is 12.1 Å². The Kier molecular flexibility index (Phi) is 4.17. The topological polar surface area (TPSA) is 12.4 Å². The van der Waals surface area contributed by atoms with Crippen LogP contribution >= 0.6 is 23.5 Å². The van der Waals surface area contributed by atoms with E-state index in [-0.39, 0.29) is 9.77 Å². The fourth-order valence-corrected chi connectivity index (χ4v) is 1.53. The molecular formula is C11H13ClFNS. The number of hydrogen-bond donors (Lipinski definition) is 0. The number of nitrogens with zero attached hydrogens (tertiary/aromatic N) is 1. The molecule has 1 aromatic carbocycles. The lowest BCUT2D eigenvalue weighted by molar-refractivity contribution is 0.626. The smallest absolute Gasteiger partial charge is 0.150 e. The molecule has 0 saturated carbocycles. The van der Waals surface area contributed by atoms with Crippen molar-refractivity contribution in [2.75, 3.05) is 0 Å². The molecule has 0 amide bonds. The van der Waals surface area contributed by atoms with Crippen molar-refractivity contribution in [1.82, 2.24) is 0 Å². The van der Waals surface area contributed by atoms with Crippen molar-refractivity contribution in [3.8, 4) is 0 Å². The minimum Gasteiger partial charge on any atom is -0.223 e. The van der Waals surface area contributed by atoms with Crippen LogP contribution in [0.4, 0.5) is 4.39 Å². The van der Waals surface area contributed by atoms with E-state index in [2.05, 4.69) is 4.40 Å². The summed E-state index contributed by atoms with van der Waals surface area (Å²) in [7, 11) is 0. The summed E-state index contributed by atoms with van der Waals surface area (Å²) >= 11 is 7.04. The van der Waals surface area contributed by atoms with E-state index >= 15 is 0 Å². The third-order valence-corrected chi connectivity index (χ3v) is 2.55. The molecule has 0 aliphatic rings. The van der Waals surface area contributed by atoms with E-state index in [0.717, 1.165) is 0 Å². The first-order valence-electron chi connectivity index (χ1n) is 4.56. The highest BCUT2D eigenvalue weighted by atomic mass is 35.5. The van der Waals surface area contributed by atoms with Crippen molar-refractivity contribution in [1.29, 1.82) is 0 Å². The van der Waals surface area contributed by atoms with Crippen molar-refractivity contribution < 1.29 is 4.39 Å². The predicted octanol–water partition coefficient (Wildman–Crippen LogP) is 4.34. The second kappa shape index (κ2) is 4.99. The normalized spacial score (nSPS) is 12.3. The van der Waals surface area contributed by atoms with Gasteiger partial charge in [-0.25, -0.2) is 8.79 Å². The van der Waals surface area contributed by atoms with Crippen LogP contribution in [0.15, 0.2) is 22.6 Å². The Hall–Kier alpha value is -0.540. The third-order valence-electron chi connectivity index (χ3n) is 1.50. The van der Waals surface area contributed by atoms with Crippen LogP contribution in [0.5, 0.6) is 0 Å². The molecule has 0 aromatic heterocycles. The highest BCUT2D eigenvalue weighted by Crippen LogP contribution is 2.24. The van der Waals surface area contributed by atoms with Crippen molar-refractivity contribution >= 4 is 29.8 Å². The van der Waals surface area contributed by atoms with Gasteiger partial charge >= 0.3 is 0 Å². The molecule has 4 heteroatoms. The first-order valence-corrected chi connectivity index (χ1v) is 5.71. The summed E-state index contributed by atoms with van der Waals surface area (Å²) in [6, 6.07) is 4.87. The molecule has 0 aliphatic carbocycles. The van der Waals surface area contributed by atoms with Crippen LogP contribution in [0, 0.1) is 5.82 Å². The molecule has 0 unspecified atom stereocenters. The van der Waals surface area contributed by atoms with Gasteiger partial charge in [0.1, 0.15) is 0 Å². The van der Waals surface area contributed by atoms with Gasteiger partial charge in [0.05, 0.1) is 5.02 Å². The Bertz CT molecular complexity index is 371. The van der Waals surface area contributed by atoms with Crippen molar-refractivity contribution in [2.45, 2.75) is 25.5 Å². The van der Waals surface area contributed by atoms with E-state index < -0.39 is 5.82 Å². The molecule has 0 atom stereocenters. The number of rotatable bonds is 2. The molecule has 15 heavy (non-hydrogen) atoms. The molecule has 1 nitrogen and oxygen atoms in total. The van der Waals surface area contributed by atoms with Crippen LogP contribution in [0.1, 0.15) is 26.3 Å². The predicted molar refractivity (Wildman–Crippen MR) is 66.3 cm³/mol. The summed E-state index contributed by atoms with van der Waals surface area (Å²) in [6.07, 6.45) is 1.50. The van der Waals surface area contributed by atoms with E-state index in [1.807, 2.05) is 20.8 Å². The lowest BCUT2D eigenvalue weighted by Gasteiger charge is -2.12. The molecule has 0 spiro atoms. The van der Waals surface area contributed by atoms with Gasteiger partial charge in [0.15, 0.2) is 5.82 Å². The first kappa shape index (κ1) is 12.5. The van der Waals surface area contributed by atoms with Crippen molar-refractivity contribution in [3.05, 3.63) is 34.6 Å². The fourth-order valence-electron chi connectivity index (χ4n) is 0.861. The number of benzene rings is 1. The van der Waals surface area contributed by atoms with Gasteiger partial charge in [-0.3, -0.25) is 0 Å². The standard InChI is InChI=1S/C11H13ClFNS/c1-11(2,3)15-14-7-8-5-4-6-9(12)10(8)13/h4-7H,1-3H3/b14-7+. The van der Waals surface area contributed by atoms with Crippen molar-refractivity contribution in [3.63, 3.8) is 0 Å². The Balaban J connectivity index is 2.77. The number of halogens is 2. The summed E-state index contributed by atoms with van der Waals surface area (Å²) in [6.45, 7) is 6.13.